The summed E-state index contributed by atoms with van der Waals surface area (Å²) in [6.07, 6.45) is 0. The molecule has 1 rings (SSSR count). The number of amides is 2. The van der Waals surface area contributed by atoms with Gasteiger partial charge in [-0.3, -0.25) is 14.8 Å². The Morgan fingerprint density at radius 2 is 1.71 bits per heavy atom. The summed E-state index contributed by atoms with van der Waals surface area (Å²) in [6.45, 7) is 7.32. The lowest BCUT2D eigenvalue weighted by atomic mass is 9.82. The number of likely N-dealkylation sites (N-methyl/N-ethyl adjacent to an activating group) is 1. The average Bonchev–Trinajstić information content (AvgIpc) is 2.46. The molecule has 0 aliphatic carbocycles. The number of carbonyl (C=O) groups is 2. The Labute approximate surface area is 125 Å². The van der Waals surface area contributed by atoms with Crippen LogP contribution in [0, 0.1) is 5.92 Å². The molecular formula is C16H24N2O3. The van der Waals surface area contributed by atoms with Crippen molar-refractivity contribution in [2.45, 2.75) is 39.2 Å². The van der Waals surface area contributed by atoms with Gasteiger partial charge in [-0.25, -0.2) is 5.48 Å². The van der Waals surface area contributed by atoms with E-state index in [0.717, 1.165) is 5.56 Å². The molecule has 0 fully saturated rings. The zero-order valence-electron chi connectivity index (χ0n) is 13.3. The normalized spacial score (nSPS) is 12.9. The summed E-state index contributed by atoms with van der Waals surface area (Å²) in [5.41, 5.74) is 1.77. The first kappa shape index (κ1) is 17.2. The fourth-order valence-corrected chi connectivity index (χ4v) is 2.54. The summed E-state index contributed by atoms with van der Waals surface area (Å²) < 4.78 is 0. The van der Waals surface area contributed by atoms with Crippen LogP contribution in [0.2, 0.25) is 0 Å². The van der Waals surface area contributed by atoms with E-state index in [4.69, 9.17) is 5.21 Å². The number of hydrogen-bond donors (Lipinski definition) is 2. The van der Waals surface area contributed by atoms with Crippen molar-refractivity contribution < 1.29 is 14.8 Å². The van der Waals surface area contributed by atoms with Gasteiger partial charge in [0.2, 0.25) is 5.91 Å². The molecule has 0 radical (unpaired) electrons. The fraction of sp³-hybridized carbons (Fsp3) is 0.500. The topological polar surface area (TPSA) is 69.6 Å². The first-order chi connectivity index (χ1) is 9.73. The minimum absolute atomic E-state index is 0.113. The predicted octanol–water partition coefficient (Wildman–Crippen LogP) is 1.95. The Bertz CT molecular complexity index is 498. The lowest BCUT2D eigenvalue weighted by molar-refractivity contribution is -0.147. The Morgan fingerprint density at radius 3 is 2.14 bits per heavy atom. The van der Waals surface area contributed by atoms with Gasteiger partial charge in [0.25, 0.3) is 5.91 Å². The van der Waals surface area contributed by atoms with Crippen LogP contribution in [-0.2, 0) is 15.0 Å². The van der Waals surface area contributed by atoms with Crippen molar-refractivity contribution >= 4 is 11.8 Å². The highest BCUT2D eigenvalue weighted by Gasteiger charge is 2.38. The molecule has 0 saturated carbocycles. The summed E-state index contributed by atoms with van der Waals surface area (Å²) in [5, 5.41) is 8.87. The van der Waals surface area contributed by atoms with Crippen molar-refractivity contribution in [3.8, 4) is 0 Å². The lowest BCUT2D eigenvalue weighted by Crippen LogP contribution is -2.54. The van der Waals surface area contributed by atoms with E-state index in [1.54, 1.807) is 12.5 Å². The minimum atomic E-state index is -0.751. The van der Waals surface area contributed by atoms with E-state index >= 15 is 0 Å². The number of hydrogen-bond acceptors (Lipinski definition) is 3. The second-order valence-corrected chi connectivity index (χ2v) is 6.07. The quantitative estimate of drug-likeness (QED) is 0.644. The maximum atomic E-state index is 12.8. The number of carbonyl (C=O) groups excluding carboxylic acids is 2. The van der Waals surface area contributed by atoms with Gasteiger partial charge in [-0.05, 0) is 25.3 Å². The van der Waals surface area contributed by atoms with E-state index in [9.17, 15) is 9.59 Å². The number of nitrogens with zero attached hydrogens (tertiary/aromatic N) is 1. The van der Waals surface area contributed by atoms with Gasteiger partial charge < -0.3 is 4.90 Å². The minimum Gasteiger partial charge on any atom is -0.333 e. The van der Waals surface area contributed by atoms with Crippen LogP contribution >= 0.6 is 0 Å². The predicted molar refractivity (Wildman–Crippen MR) is 80.8 cm³/mol. The van der Waals surface area contributed by atoms with E-state index in [1.807, 2.05) is 58.0 Å². The van der Waals surface area contributed by atoms with Crippen molar-refractivity contribution in [3.63, 3.8) is 0 Å². The van der Waals surface area contributed by atoms with Crippen molar-refractivity contribution in [1.82, 2.24) is 10.4 Å². The van der Waals surface area contributed by atoms with Crippen LogP contribution in [0.1, 0.15) is 33.3 Å². The van der Waals surface area contributed by atoms with Crippen LogP contribution in [-0.4, -0.2) is 35.0 Å². The van der Waals surface area contributed by atoms with Crippen LogP contribution in [0.25, 0.3) is 0 Å². The molecule has 0 spiro atoms. The third kappa shape index (κ3) is 3.61. The van der Waals surface area contributed by atoms with Crippen LogP contribution in [0.3, 0.4) is 0 Å². The molecule has 0 aromatic heterocycles. The monoisotopic (exact) mass is 292 g/mol. The zero-order chi connectivity index (χ0) is 16.2. The molecule has 0 bridgehead atoms. The number of nitrogens with one attached hydrogen (secondary N) is 1. The van der Waals surface area contributed by atoms with Gasteiger partial charge in [-0.2, -0.15) is 0 Å². The molecular weight excluding hydrogens is 268 g/mol. The van der Waals surface area contributed by atoms with Gasteiger partial charge in [0.15, 0.2) is 0 Å². The summed E-state index contributed by atoms with van der Waals surface area (Å²) in [6, 6.07) is 8.72. The van der Waals surface area contributed by atoms with Crippen LogP contribution < -0.4 is 5.48 Å². The molecule has 0 aliphatic rings. The van der Waals surface area contributed by atoms with Crippen LogP contribution in [0.5, 0.6) is 0 Å². The van der Waals surface area contributed by atoms with Gasteiger partial charge in [-0.1, -0.05) is 44.2 Å². The number of benzene rings is 1. The molecule has 2 amide bonds. The number of rotatable bonds is 5. The largest absolute Gasteiger partial charge is 0.333 e. The summed E-state index contributed by atoms with van der Waals surface area (Å²) >= 11 is 0. The Balaban J connectivity index is 3.08. The Morgan fingerprint density at radius 1 is 1.19 bits per heavy atom. The van der Waals surface area contributed by atoms with Crippen LogP contribution in [0.15, 0.2) is 30.3 Å². The highest BCUT2D eigenvalue weighted by atomic mass is 16.5. The summed E-state index contributed by atoms with van der Waals surface area (Å²) in [7, 11) is 1.59. The molecule has 1 atom stereocenters. The third-order valence-electron chi connectivity index (χ3n) is 3.78. The van der Waals surface area contributed by atoms with Gasteiger partial charge in [0.05, 0.1) is 5.41 Å². The lowest BCUT2D eigenvalue weighted by Gasteiger charge is -2.35. The Hall–Kier alpha value is -1.88. The summed E-state index contributed by atoms with van der Waals surface area (Å²) in [5.74, 6) is -0.863. The maximum Gasteiger partial charge on any atom is 0.266 e. The first-order valence-corrected chi connectivity index (χ1v) is 7.00. The molecule has 0 saturated heterocycles. The van der Waals surface area contributed by atoms with Crippen molar-refractivity contribution in [2.75, 3.05) is 7.05 Å². The van der Waals surface area contributed by atoms with Crippen molar-refractivity contribution in [2.24, 2.45) is 5.92 Å². The third-order valence-corrected chi connectivity index (χ3v) is 3.78. The van der Waals surface area contributed by atoms with Gasteiger partial charge in [0, 0.05) is 7.05 Å². The summed E-state index contributed by atoms with van der Waals surface area (Å²) in [4.78, 5) is 26.0. The highest BCUT2D eigenvalue weighted by molar-refractivity contribution is 5.92. The van der Waals surface area contributed by atoms with Gasteiger partial charge in [0.1, 0.15) is 6.04 Å². The first-order valence-electron chi connectivity index (χ1n) is 7.00. The molecule has 5 heteroatoms. The highest BCUT2D eigenvalue weighted by Crippen LogP contribution is 2.27. The maximum absolute atomic E-state index is 12.8. The van der Waals surface area contributed by atoms with E-state index in [2.05, 4.69) is 0 Å². The molecule has 116 valence electrons. The molecule has 21 heavy (non-hydrogen) atoms. The molecule has 2 N–H and O–H groups in total. The zero-order valence-corrected chi connectivity index (χ0v) is 13.3. The molecule has 0 aliphatic heterocycles. The van der Waals surface area contributed by atoms with E-state index in [1.165, 1.54) is 4.90 Å². The standard InChI is InChI=1S/C16H24N2O3/c1-11(2)13(14(19)17-21)18(5)15(20)16(3,4)12-9-7-6-8-10-12/h6-11,13,21H,1-5H3,(H,17,19). The van der Waals surface area contributed by atoms with Gasteiger partial charge in [-0.15, -0.1) is 0 Å². The van der Waals surface area contributed by atoms with E-state index in [0.29, 0.717) is 0 Å². The van der Waals surface area contributed by atoms with Crippen LogP contribution in [0.4, 0.5) is 0 Å². The Kier molecular flexibility index (Phi) is 5.49. The van der Waals surface area contributed by atoms with E-state index < -0.39 is 17.4 Å². The SMILES string of the molecule is CC(C)C(C(=O)NO)N(C)C(=O)C(C)(C)c1ccccc1. The number of hydroxylamine groups is 1. The average molecular weight is 292 g/mol. The van der Waals surface area contributed by atoms with Gasteiger partial charge >= 0.3 is 0 Å². The van der Waals surface area contributed by atoms with Crippen molar-refractivity contribution in [3.05, 3.63) is 35.9 Å². The molecule has 5 nitrogen and oxygen atoms in total. The second kappa shape index (κ2) is 6.72. The molecule has 0 heterocycles. The molecule has 1 aromatic carbocycles. The molecule has 1 aromatic rings. The molecule has 1 unspecified atom stereocenters. The smallest absolute Gasteiger partial charge is 0.266 e. The van der Waals surface area contributed by atoms with E-state index in [-0.39, 0.29) is 11.8 Å². The second-order valence-electron chi connectivity index (χ2n) is 6.07. The fourth-order valence-electron chi connectivity index (χ4n) is 2.54. The van der Waals surface area contributed by atoms with Crippen molar-refractivity contribution in [1.29, 1.82) is 0 Å².